The fraction of sp³-hybridized carbons (Fsp3) is 0.429. The second-order valence-electron chi connectivity index (χ2n) is 21.6. The zero-order chi connectivity index (χ0) is 63.8. The van der Waals surface area contributed by atoms with Crippen molar-refractivity contribution in [2.24, 2.45) is 0 Å². The third kappa shape index (κ3) is 14.4. The molecule has 5 N–H and O–H groups in total. The smallest absolute Gasteiger partial charge is 0.333 e. The first-order valence-corrected chi connectivity index (χ1v) is 35.1. The number of hydrogen-bond donors (Lipinski definition) is 5. The topological polar surface area (TPSA) is 369 Å². The van der Waals surface area contributed by atoms with Crippen molar-refractivity contribution in [3.8, 4) is 0 Å². The van der Waals surface area contributed by atoms with Gasteiger partial charge < -0.3 is 23.9 Å². The SMILES string of the molecule is CC[N+]1=C(/C=C/C2=C(Cl)C(=C/C=C3/N(CCCC(=O)ON4C(=O)CCC4=O)c4ccc5c(S(=O)(=O)O)cc(S(=O)(=O)O)cc5c4C3(C)CCOCCOCCOC)/CCC2)C(C)(CCCS(=O)(=O)O)c2c1ccc1c(S(=O)(=O)O)cc(S(=O)(=O)O)cc21. The molecule has 2 atom stereocenters. The number of ether oxygens (including phenoxy) is 3. The van der Waals surface area contributed by atoms with Crippen LogP contribution < -0.4 is 4.90 Å². The number of benzene rings is 4. The first-order valence-electron chi connectivity index (χ1n) is 27.3. The van der Waals surface area contributed by atoms with Crippen LogP contribution in [0.1, 0.15) is 96.1 Å². The summed E-state index contributed by atoms with van der Waals surface area (Å²) >= 11 is 7.38. The summed E-state index contributed by atoms with van der Waals surface area (Å²) in [6.45, 7) is 6.56. The van der Waals surface area contributed by atoms with Gasteiger partial charge in [-0.15, -0.1) is 5.06 Å². The van der Waals surface area contributed by atoms with Gasteiger partial charge >= 0.3 is 5.97 Å². The Kier molecular flexibility index (Phi) is 20.0. The first-order chi connectivity index (χ1) is 40.6. The van der Waals surface area contributed by atoms with Gasteiger partial charge in [-0.3, -0.25) is 32.4 Å². The fourth-order valence-electron chi connectivity index (χ4n) is 11.9. The molecule has 8 rings (SSSR count). The van der Waals surface area contributed by atoms with Crippen molar-refractivity contribution >= 4 is 119 Å². The number of allylic oxidation sites excluding steroid dienone is 8. The van der Waals surface area contributed by atoms with Gasteiger partial charge in [-0.2, -0.15) is 46.7 Å². The van der Waals surface area contributed by atoms with E-state index < -0.39 is 105 Å². The van der Waals surface area contributed by atoms with Gasteiger partial charge in [0, 0.05) is 89.8 Å². The highest BCUT2D eigenvalue weighted by atomic mass is 35.5. The molecule has 472 valence electrons. The lowest BCUT2D eigenvalue weighted by Crippen LogP contribution is -2.33. The van der Waals surface area contributed by atoms with E-state index in [4.69, 9.17) is 30.6 Å². The standard InChI is InChI=1S/C56H64ClN3O22S5/c1-5-58-43-16-14-39-41(31-37(84(67,68)69)33-45(39)86(73,74)75)52(43)55(2,22-8-30-83(64,65)66)47(58)18-12-35-9-6-10-36(54(35)57)13-19-48-56(3,23-25-80-28-29-81-27-26-79-4)53-42-32-38(85(70,71)72)34-46(87(76,77)78)40(42)15-17-44(53)59(48)24-7-11-51(63)82-60-49(61)20-21-50(60)62/h12-19,31-34H,5-11,20-30H2,1-4H3,(H4-,64,65,66,67,68,69,70,71,72,73,74,75,76,77,78)/p+1. The monoisotopic (exact) mass is 1330 g/mol. The average molecular weight is 1330 g/mol. The Balaban J connectivity index is 1.26. The Hall–Kier alpha value is -5.84. The zero-order valence-electron chi connectivity index (χ0n) is 47.6. The quantitative estimate of drug-likeness (QED) is 0.0178. The first kappa shape index (κ1) is 67.1. The Morgan fingerprint density at radius 2 is 1.24 bits per heavy atom. The van der Waals surface area contributed by atoms with Crippen molar-refractivity contribution in [1.29, 1.82) is 0 Å². The van der Waals surface area contributed by atoms with E-state index >= 15 is 0 Å². The molecular formula is C56H65ClN3O22S5+. The molecule has 0 spiro atoms. The Morgan fingerprint density at radius 3 is 1.80 bits per heavy atom. The second-order valence-corrected chi connectivity index (χ2v) is 29.1. The number of methoxy groups -OCH3 is 1. The van der Waals surface area contributed by atoms with Gasteiger partial charge in [0.15, 0.2) is 5.71 Å². The third-order valence-electron chi connectivity index (χ3n) is 15.9. The lowest BCUT2D eigenvalue weighted by Gasteiger charge is -2.31. The molecule has 0 radical (unpaired) electrons. The maximum atomic E-state index is 13.2. The minimum Gasteiger partial charge on any atom is -0.382 e. The fourth-order valence-corrected chi connectivity index (χ4v) is 15.4. The van der Waals surface area contributed by atoms with Crippen molar-refractivity contribution in [3.05, 3.63) is 106 Å². The molecule has 0 bridgehead atoms. The van der Waals surface area contributed by atoms with Crippen LogP contribution in [0.25, 0.3) is 21.5 Å². The van der Waals surface area contributed by atoms with Gasteiger partial charge in [-0.05, 0) is 136 Å². The predicted octanol–water partition coefficient (Wildman–Crippen LogP) is 7.30. The number of imide groups is 1. The predicted molar refractivity (Wildman–Crippen MR) is 317 cm³/mol. The van der Waals surface area contributed by atoms with E-state index in [2.05, 4.69) is 0 Å². The van der Waals surface area contributed by atoms with Crippen LogP contribution in [0.2, 0.25) is 0 Å². The van der Waals surface area contributed by atoms with Gasteiger partial charge in [0.1, 0.15) is 16.3 Å². The number of carbonyl (C=O) groups is 3. The highest BCUT2D eigenvalue weighted by molar-refractivity contribution is 7.87. The summed E-state index contributed by atoms with van der Waals surface area (Å²) in [4.78, 5) is 41.5. The Morgan fingerprint density at radius 1 is 0.667 bits per heavy atom. The van der Waals surface area contributed by atoms with Crippen LogP contribution in [-0.2, 0) is 94.9 Å². The Labute approximate surface area is 508 Å². The molecule has 0 aromatic heterocycles. The number of hydrogen-bond acceptors (Lipinski definition) is 18. The number of fused-ring (bicyclic) bond motifs is 6. The number of nitrogens with zero attached hydrogens (tertiary/aromatic N) is 3. The van der Waals surface area contributed by atoms with E-state index in [1.807, 2.05) is 16.4 Å². The van der Waals surface area contributed by atoms with E-state index in [9.17, 15) is 79.2 Å². The third-order valence-corrected chi connectivity index (χ3v) is 20.6. The molecule has 1 aliphatic carbocycles. The highest BCUT2D eigenvalue weighted by Gasteiger charge is 2.50. The molecule has 4 aromatic rings. The van der Waals surface area contributed by atoms with Crippen molar-refractivity contribution in [2.75, 3.05) is 63.9 Å². The summed E-state index contributed by atoms with van der Waals surface area (Å²) in [5.41, 5.74) is 1.21. The van der Waals surface area contributed by atoms with Crippen LogP contribution in [0.4, 0.5) is 11.4 Å². The summed E-state index contributed by atoms with van der Waals surface area (Å²) in [5.74, 6) is -2.94. The largest absolute Gasteiger partial charge is 0.382 e. The van der Waals surface area contributed by atoms with E-state index in [0.717, 1.165) is 12.1 Å². The van der Waals surface area contributed by atoms with Crippen LogP contribution in [0, 0.1) is 0 Å². The van der Waals surface area contributed by atoms with Crippen molar-refractivity contribution < 1.29 is 103 Å². The molecule has 25 nitrogen and oxygen atoms in total. The second kappa shape index (κ2) is 25.9. The molecule has 1 saturated heterocycles. The highest BCUT2D eigenvalue weighted by Crippen LogP contribution is 2.54. The number of amides is 2. The zero-order valence-corrected chi connectivity index (χ0v) is 52.4. The van der Waals surface area contributed by atoms with Crippen molar-refractivity contribution in [1.82, 2.24) is 5.06 Å². The molecule has 4 aliphatic rings. The average Bonchev–Trinajstić information content (AvgIpc) is 1.61. The summed E-state index contributed by atoms with van der Waals surface area (Å²) in [5, 5.41) is 0.553. The van der Waals surface area contributed by atoms with Gasteiger partial charge in [-0.25, -0.2) is 4.79 Å². The van der Waals surface area contributed by atoms with Crippen LogP contribution in [0.15, 0.2) is 114 Å². The maximum absolute atomic E-state index is 13.2. The molecular weight excluding hydrogens is 1260 g/mol. The minimum atomic E-state index is -5.15. The number of halogens is 1. The van der Waals surface area contributed by atoms with E-state index in [1.54, 1.807) is 50.3 Å². The molecule has 4 aromatic carbocycles. The molecule has 0 saturated carbocycles. The molecule has 2 unspecified atom stereocenters. The number of anilines is 1. The maximum Gasteiger partial charge on any atom is 0.333 e. The van der Waals surface area contributed by atoms with Gasteiger partial charge in [0.2, 0.25) is 5.69 Å². The molecule has 2 amide bonds. The van der Waals surface area contributed by atoms with Gasteiger partial charge in [-0.1, -0.05) is 29.8 Å². The summed E-state index contributed by atoms with van der Waals surface area (Å²) in [6, 6.07) is 9.31. The number of carbonyl (C=O) groups excluding carboxylic acids is 3. The van der Waals surface area contributed by atoms with E-state index in [0.29, 0.717) is 99.8 Å². The van der Waals surface area contributed by atoms with Gasteiger partial charge in [0.25, 0.3) is 62.4 Å². The lowest BCUT2D eigenvalue weighted by molar-refractivity contribution is -0.433. The normalized spacial score (nSPS) is 20.6. The van der Waals surface area contributed by atoms with Crippen LogP contribution in [0.5, 0.6) is 0 Å². The molecule has 31 heteroatoms. The Bertz CT molecular complexity index is 4240. The van der Waals surface area contributed by atoms with Gasteiger partial charge in [0.05, 0.1) is 47.4 Å². The summed E-state index contributed by atoms with van der Waals surface area (Å²) in [6.07, 6.45) is 7.81. The number of hydroxylamine groups is 2. The number of rotatable bonds is 26. The van der Waals surface area contributed by atoms with Crippen LogP contribution in [-0.4, -0.2) is 157 Å². The van der Waals surface area contributed by atoms with E-state index in [1.165, 1.54) is 19.2 Å². The van der Waals surface area contributed by atoms with Crippen LogP contribution >= 0.6 is 11.6 Å². The summed E-state index contributed by atoms with van der Waals surface area (Å²) in [7, 11) is -23.4. The molecule has 3 aliphatic heterocycles. The lowest BCUT2D eigenvalue weighted by atomic mass is 9.74. The molecule has 3 heterocycles. The molecule has 87 heavy (non-hydrogen) atoms. The van der Waals surface area contributed by atoms with E-state index in [-0.39, 0.29) is 99.4 Å². The van der Waals surface area contributed by atoms with Crippen molar-refractivity contribution in [3.63, 3.8) is 0 Å². The summed E-state index contributed by atoms with van der Waals surface area (Å²) < 4.78 is 197. The van der Waals surface area contributed by atoms with Crippen molar-refractivity contribution in [2.45, 2.75) is 115 Å². The minimum absolute atomic E-state index is 0.00832. The van der Waals surface area contributed by atoms with Crippen LogP contribution in [0.3, 0.4) is 0 Å². The molecule has 1 fully saturated rings.